The highest BCUT2D eigenvalue weighted by molar-refractivity contribution is 7.92. The zero-order valence-electron chi connectivity index (χ0n) is 12.3. The Kier molecular flexibility index (Phi) is 4.70. The predicted octanol–water partition coefficient (Wildman–Crippen LogP) is 0.882. The van der Waals surface area contributed by atoms with Crippen molar-refractivity contribution in [1.82, 2.24) is 5.32 Å². The van der Waals surface area contributed by atoms with Gasteiger partial charge in [-0.15, -0.1) is 0 Å². The molecule has 7 nitrogen and oxygen atoms in total. The van der Waals surface area contributed by atoms with E-state index in [0.29, 0.717) is 0 Å². The second-order valence-electron chi connectivity index (χ2n) is 5.25. The van der Waals surface area contributed by atoms with E-state index >= 15 is 0 Å². The van der Waals surface area contributed by atoms with Crippen molar-refractivity contribution >= 4 is 27.6 Å². The van der Waals surface area contributed by atoms with Crippen LogP contribution in [0.5, 0.6) is 0 Å². The van der Waals surface area contributed by atoms with E-state index in [1.807, 2.05) is 0 Å². The second kappa shape index (κ2) is 6.35. The second-order valence-corrected chi connectivity index (χ2v) is 7.00. The minimum absolute atomic E-state index is 0.0546. The summed E-state index contributed by atoms with van der Waals surface area (Å²) in [6.07, 6.45) is 1.92. The number of amides is 1. The monoisotopic (exact) mass is 326 g/mol. The van der Waals surface area contributed by atoms with Crippen LogP contribution >= 0.6 is 0 Å². The standard InChI is InChI=1S/C14H18N2O5S/c1-9(13(17)15-10-7-8-10)21-14(18)11-5-3-4-6-12(11)16-22(2,19)20/h3-6,9-10,16H,7-8H2,1-2H3,(H,15,17). The molecule has 0 saturated heterocycles. The number of carbonyl (C=O) groups is 2. The van der Waals surface area contributed by atoms with Gasteiger partial charge in [0.25, 0.3) is 5.91 Å². The van der Waals surface area contributed by atoms with Gasteiger partial charge in [-0.3, -0.25) is 9.52 Å². The summed E-state index contributed by atoms with van der Waals surface area (Å²) in [4.78, 5) is 23.9. The van der Waals surface area contributed by atoms with Gasteiger partial charge in [0.1, 0.15) is 0 Å². The fourth-order valence-electron chi connectivity index (χ4n) is 1.77. The number of rotatable bonds is 6. The molecule has 1 aromatic carbocycles. The van der Waals surface area contributed by atoms with E-state index in [9.17, 15) is 18.0 Å². The van der Waals surface area contributed by atoms with Crippen LogP contribution < -0.4 is 10.0 Å². The smallest absolute Gasteiger partial charge is 0.341 e. The van der Waals surface area contributed by atoms with Gasteiger partial charge in [-0.2, -0.15) is 0 Å². The van der Waals surface area contributed by atoms with E-state index < -0.39 is 22.1 Å². The highest BCUT2D eigenvalue weighted by Gasteiger charge is 2.27. The van der Waals surface area contributed by atoms with Crippen LogP contribution in [-0.4, -0.2) is 38.7 Å². The number of ether oxygens (including phenoxy) is 1. The molecule has 1 atom stereocenters. The molecule has 22 heavy (non-hydrogen) atoms. The van der Waals surface area contributed by atoms with Crippen LogP contribution in [0.4, 0.5) is 5.69 Å². The molecule has 0 aromatic heterocycles. The van der Waals surface area contributed by atoms with Gasteiger partial charge in [0.05, 0.1) is 17.5 Å². The Morgan fingerprint density at radius 2 is 1.91 bits per heavy atom. The Morgan fingerprint density at radius 1 is 1.27 bits per heavy atom. The van der Waals surface area contributed by atoms with Gasteiger partial charge in [-0.25, -0.2) is 13.2 Å². The fourth-order valence-corrected chi connectivity index (χ4v) is 2.35. The molecule has 1 fully saturated rings. The van der Waals surface area contributed by atoms with Gasteiger partial charge in [-0.05, 0) is 31.9 Å². The average Bonchev–Trinajstić information content (AvgIpc) is 3.21. The van der Waals surface area contributed by atoms with Crippen LogP contribution in [0.1, 0.15) is 30.1 Å². The summed E-state index contributed by atoms with van der Waals surface area (Å²) in [7, 11) is -3.52. The zero-order valence-corrected chi connectivity index (χ0v) is 13.1. The number of para-hydroxylation sites is 1. The third-order valence-electron chi connectivity index (χ3n) is 3.02. The number of hydrogen-bond donors (Lipinski definition) is 2. The molecule has 2 N–H and O–H groups in total. The summed E-state index contributed by atoms with van der Waals surface area (Å²) in [6, 6.07) is 6.23. The normalized spacial score (nSPS) is 15.7. The van der Waals surface area contributed by atoms with E-state index in [4.69, 9.17) is 4.74 Å². The minimum atomic E-state index is -3.52. The summed E-state index contributed by atoms with van der Waals surface area (Å²) in [5.41, 5.74) is 0.170. The highest BCUT2D eigenvalue weighted by atomic mass is 32.2. The Hall–Kier alpha value is -2.09. The maximum absolute atomic E-state index is 12.1. The molecule has 1 aliphatic carbocycles. The largest absolute Gasteiger partial charge is 0.449 e. The minimum Gasteiger partial charge on any atom is -0.449 e. The van der Waals surface area contributed by atoms with Crippen molar-refractivity contribution in [3.8, 4) is 0 Å². The first-order valence-electron chi connectivity index (χ1n) is 6.84. The van der Waals surface area contributed by atoms with Crippen molar-refractivity contribution in [3.63, 3.8) is 0 Å². The predicted molar refractivity (Wildman–Crippen MR) is 81.0 cm³/mol. The van der Waals surface area contributed by atoms with Gasteiger partial charge in [0.15, 0.2) is 6.10 Å². The van der Waals surface area contributed by atoms with Crippen LogP contribution in [0, 0.1) is 0 Å². The summed E-state index contributed by atoms with van der Waals surface area (Å²) in [5.74, 6) is -1.12. The zero-order chi connectivity index (χ0) is 16.3. The van der Waals surface area contributed by atoms with Gasteiger partial charge in [0.2, 0.25) is 10.0 Å². The third kappa shape index (κ3) is 4.73. The van der Waals surface area contributed by atoms with Crippen molar-refractivity contribution in [1.29, 1.82) is 0 Å². The van der Waals surface area contributed by atoms with Crippen LogP contribution in [0.2, 0.25) is 0 Å². The number of nitrogens with one attached hydrogen (secondary N) is 2. The molecule has 1 unspecified atom stereocenters. The SMILES string of the molecule is CC(OC(=O)c1ccccc1NS(C)(=O)=O)C(=O)NC1CC1. The topological polar surface area (TPSA) is 102 Å². The number of esters is 1. The molecule has 8 heteroatoms. The first-order valence-corrected chi connectivity index (χ1v) is 8.73. The maximum atomic E-state index is 12.1. The molecule has 2 rings (SSSR count). The lowest BCUT2D eigenvalue weighted by Crippen LogP contribution is -2.37. The van der Waals surface area contributed by atoms with Gasteiger partial charge < -0.3 is 10.1 Å². The van der Waals surface area contributed by atoms with Crippen LogP contribution in [0.15, 0.2) is 24.3 Å². The molecule has 0 spiro atoms. The van der Waals surface area contributed by atoms with Crippen molar-refractivity contribution in [2.24, 2.45) is 0 Å². The van der Waals surface area contributed by atoms with Crippen molar-refractivity contribution in [3.05, 3.63) is 29.8 Å². The van der Waals surface area contributed by atoms with E-state index in [1.165, 1.54) is 19.1 Å². The Bertz CT molecular complexity index is 682. The van der Waals surface area contributed by atoms with E-state index in [-0.39, 0.29) is 23.2 Å². The first kappa shape index (κ1) is 16.3. The molecule has 0 radical (unpaired) electrons. The fraction of sp³-hybridized carbons (Fsp3) is 0.429. The van der Waals surface area contributed by atoms with Gasteiger partial charge in [-0.1, -0.05) is 12.1 Å². The van der Waals surface area contributed by atoms with Gasteiger partial charge >= 0.3 is 5.97 Å². The average molecular weight is 326 g/mol. The molecule has 0 bridgehead atoms. The Labute approximate surface area is 129 Å². The van der Waals surface area contributed by atoms with Crippen molar-refractivity contribution in [2.75, 3.05) is 11.0 Å². The van der Waals surface area contributed by atoms with Crippen LogP contribution in [0.25, 0.3) is 0 Å². The molecule has 0 heterocycles. The van der Waals surface area contributed by atoms with E-state index in [1.54, 1.807) is 12.1 Å². The highest BCUT2D eigenvalue weighted by Crippen LogP contribution is 2.20. The quantitative estimate of drug-likeness (QED) is 0.756. The summed E-state index contributed by atoms with van der Waals surface area (Å²) in [6.45, 7) is 1.47. The third-order valence-corrected chi connectivity index (χ3v) is 3.61. The molecule has 1 saturated carbocycles. The number of benzene rings is 1. The Balaban J connectivity index is 2.06. The molecule has 120 valence electrons. The van der Waals surface area contributed by atoms with E-state index in [2.05, 4.69) is 10.0 Å². The number of anilines is 1. The lowest BCUT2D eigenvalue weighted by Gasteiger charge is -2.15. The van der Waals surface area contributed by atoms with Crippen molar-refractivity contribution in [2.45, 2.75) is 31.9 Å². The lowest BCUT2D eigenvalue weighted by molar-refractivity contribution is -0.129. The van der Waals surface area contributed by atoms with Gasteiger partial charge in [0, 0.05) is 6.04 Å². The number of hydrogen-bond acceptors (Lipinski definition) is 5. The lowest BCUT2D eigenvalue weighted by atomic mass is 10.2. The molecule has 0 aliphatic heterocycles. The maximum Gasteiger partial charge on any atom is 0.341 e. The molecular weight excluding hydrogens is 308 g/mol. The van der Waals surface area contributed by atoms with Crippen LogP contribution in [0.3, 0.4) is 0 Å². The first-order chi connectivity index (χ1) is 10.3. The molecule has 1 aliphatic rings. The Morgan fingerprint density at radius 3 is 2.50 bits per heavy atom. The molecule has 1 aromatic rings. The summed E-state index contributed by atoms with van der Waals surface area (Å²) in [5, 5.41) is 2.74. The summed E-state index contributed by atoms with van der Waals surface area (Å²) >= 11 is 0. The molecule has 1 amide bonds. The number of sulfonamides is 1. The van der Waals surface area contributed by atoms with E-state index in [0.717, 1.165) is 19.1 Å². The summed E-state index contributed by atoms with van der Waals surface area (Å²) < 4.78 is 30.0. The van der Waals surface area contributed by atoms with Crippen molar-refractivity contribution < 1.29 is 22.7 Å². The molecular formula is C14H18N2O5S. The van der Waals surface area contributed by atoms with Crippen LogP contribution in [-0.2, 0) is 19.6 Å². The number of carbonyl (C=O) groups excluding carboxylic acids is 2.